The predicted octanol–water partition coefficient (Wildman–Crippen LogP) is 5.56. The third-order valence-corrected chi connectivity index (χ3v) is 7.80. The highest BCUT2D eigenvalue weighted by Gasteiger charge is 2.48. The fourth-order valence-electron chi connectivity index (χ4n) is 4.98. The normalized spacial score (nSPS) is 20.4. The summed E-state index contributed by atoms with van der Waals surface area (Å²) in [7, 11) is 1.57. The Hall–Kier alpha value is -4.17. The molecule has 1 aromatic heterocycles. The molecular formula is C29H24N2O5S. The number of ether oxygens (including phenoxy) is 2. The number of aliphatic hydroxyl groups excluding tert-OH is 1. The minimum Gasteiger partial charge on any atom is -0.507 e. The summed E-state index contributed by atoms with van der Waals surface area (Å²) < 4.78 is 12.0. The Morgan fingerprint density at radius 2 is 1.89 bits per heavy atom. The third-order valence-electron chi connectivity index (χ3n) is 6.78. The van der Waals surface area contributed by atoms with Crippen molar-refractivity contribution in [1.29, 1.82) is 0 Å². The molecule has 3 aromatic carbocycles. The molecule has 1 N–H and O–H groups in total. The summed E-state index contributed by atoms with van der Waals surface area (Å²) in [5.41, 5.74) is 3.92. The molecule has 0 saturated carbocycles. The highest BCUT2D eigenvalue weighted by Crippen LogP contribution is 2.45. The van der Waals surface area contributed by atoms with Gasteiger partial charge in [-0.1, -0.05) is 29.5 Å². The van der Waals surface area contributed by atoms with E-state index in [0.717, 1.165) is 27.1 Å². The monoisotopic (exact) mass is 512 g/mol. The summed E-state index contributed by atoms with van der Waals surface area (Å²) in [6.07, 6.45) is 0.748. The lowest BCUT2D eigenvalue weighted by Gasteiger charge is -2.23. The molecule has 0 radical (unpaired) electrons. The van der Waals surface area contributed by atoms with E-state index in [-0.39, 0.29) is 17.4 Å². The zero-order valence-corrected chi connectivity index (χ0v) is 21.3. The molecule has 6 rings (SSSR count). The van der Waals surface area contributed by atoms with Gasteiger partial charge in [0.05, 0.1) is 28.9 Å². The molecule has 37 heavy (non-hydrogen) atoms. The number of aliphatic hydroxyl groups is 1. The lowest BCUT2D eigenvalue weighted by atomic mass is 9.94. The van der Waals surface area contributed by atoms with Crippen molar-refractivity contribution >= 4 is 44.1 Å². The van der Waals surface area contributed by atoms with Crippen LogP contribution in [0.25, 0.3) is 16.0 Å². The molecule has 4 aromatic rings. The summed E-state index contributed by atoms with van der Waals surface area (Å²) >= 11 is 1.34. The summed E-state index contributed by atoms with van der Waals surface area (Å²) in [6, 6.07) is 17.5. The molecule has 2 aliphatic heterocycles. The second-order valence-electron chi connectivity index (χ2n) is 9.36. The van der Waals surface area contributed by atoms with Gasteiger partial charge in [0.15, 0.2) is 5.13 Å². The van der Waals surface area contributed by atoms with E-state index in [9.17, 15) is 14.7 Å². The van der Waals surface area contributed by atoms with E-state index in [1.807, 2.05) is 38.1 Å². The zero-order valence-electron chi connectivity index (χ0n) is 20.5. The number of aromatic nitrogens is 1. The average molecular weight is 513 g/mol. The number of thiazole rings is 1. The van der Waals surface area contributed by atoms with Crippen molar-refractivity contribution in [1.82, 2.24) is 4.98 Å². The highest BCUT2D eigenvalue weighted by molar-refractivity contribution is 7.22. The smallest absolute Gasteiger partial charge is 0.301 e. The van der Waals surface area contributed by atoms with Gasteiger partial charge in [-0.15, -0.1) is 0 Å². The molecule has 3 heterocycles. The van der Waals surface area contributed by atoms with Crippen molar-refractivity contribution in [2.45, 2.75) is 32.4 Å². The first kappa shape index (κ1) is 23.2. The Bertz CT molecular complexity index is 1600. The summed E-state index contributed by atoms with van der Waals surface area (Å²) in [5.74, 6) is -0.291. The van der Waals surface area contributed by atoms with Crippen LogP contribution in [0.2, 0.25) is 0 Å². The fraction of sp³-hybridized carbons (Fsp3) is 0.207. The van der Waals surface area contributed by atoms with E-state index < -0.39 is 17.7 Å². The largest absolute Gasteiger partial charge is 0.507 e. The van der Waals surface area contributed by atoms with E-state index in [0.29, 0.717) is 28.4 Å². The number of methoxy groups -OCH3 is 1. The van der Waals surface area contributed by atoms with Crippen LogP contribution in [0, 0.1) is 6.92 Å². The van der Waals surface area contributed by atoms with Gasteiger partial charge in [0.1, 0.15) is 23.4 Å². The van der Waals surface area contributed by atoms with Gasteiger partial charge in [0.2, 0.25) is 0 Å². The van der Waals surface area contributed by atoms with E-state index in [1.165, 1.54) is 16.2 Å². The van der Waals surface area contributed by atoms with Gasteiger partial charge in [-0.25, -0.2) is 4.98 Å². The van der Waals surface area contributed by atoms with Crippen molar-refractivity contribution in [3.8, 4) is 11.5 Å². The highest BCUT2D eigenvalue weighted by atomic mass is 32.1. The van der Waals surface area contributed by atoms with Crippen LogP contribution < -0.4 is 14.4 Å². The number of hydrogen-bond acceptors (Lipinski definition) is 7. The van der Waals surface area contributed by atoms with Gasteiger partial charge < -0.3 is 14.6 Å². The molecule has 0 spiro atoms. The molecule has 1 saturated heterocycles. The molecule has 1 fully saturated rings. The molecule has 7 nitrogen and oxygen atoms in total. The van der Waals surface area contributed by atoms with Crippen molar-refractivity contribution in [2.75, 3.05) is 12.0 Å². The van der Waals surface area contributed by atoms with Gasteiger partial charge >= 0.3 is 5.91 Å². The Kier molecular flexibility index (Phi) is 5.49. The average Bonchev–Trinajstić information content (AvgIpc) is 3.55. The maximum Gasteiger partial charge on any atom is 0.301 e. The first-order valence-corrected chi connectivity index (χ1v) is 12.8. The minimum absolute atomic E-state index is 0.0255. The van der Waals surface area contributed by atoms with Crippen molar-refractivity contribution < 1.29 is 24.2 Å². The molecule has 186 valence electrons. The zero-order chi connectivity index (χ0) is 25.8. The molecule has 1 amide bonds. The number of Topliss-reactive ketones (excluding diaryl/α,β-unsaturated/α-hetero) is 1. The Morgan fingerprint density at radius 1 is 1.11 bits per heavy atom. The Balaban J connectivity index is 1.53. The minimum atomic E-state index is -0.851. The number of fused-ring (bicyclic) bond motifs is 2. The SMILES string of the molecule is COc1ccc(C2/C(=C(\O)c3ccc4c(c3)CC(C)O4)C(=O)C(=O)N2c2nc3ccc(C)cc3s2)cc1. The van der Waals surface area contributed by atoms with Gasteiger partial charge in [0.25, 0.3) is 5.78 Å². The number of ketones is 1. The number of benzene rings is 3. The molecule has 2 atom stereocenters. The van der Waals surface area contributed by atoms with E-state index >= 15 is 0 Å². The summed E-state index contributed by atoms with van der Waals surface area (Å²) in [5, 5.41) is 11.9. The van der Waals surface area contributed by atoms with Gasteiger partial charge in [-0.2, -0.15) is 0 Å². The third kappa shape index (κ3) is 3.84. The Morgan fingerprint density at radius 3 is 2.65 bits per heavy atom. The van der Waals surface area contributed by atoms with Crippen LogP contribution in [-0.4, -0.2) is 35.0 Å². The number of rotatable bonds is 4. The fourth-order valence-corrected chi connectivity index (χ4v) is 6.07. The van der Waals surface area contributed by atoms with Gasteiger partial charge in [-0.3, -0.25) is 14.5 Å². The van der Waals surface area contributed by atoms with E-state index in [2.05, 4.69) is 4.98 Å². The van der Waals surface area contributed by atoms with Crippen molar-refractivity contribution in [3.05, 3.63) is 88.5 Å². The lowest BCUT2D eigenvalue weighted by Crippen LogP contribution is -2.29. The number of anilines is 1. The number of hydrogen-bond donors (Lipinski definition) is 1. The van der Waals surface area contributed by atoms with Crippen LogP contribution >= 0.6 is 11.3 Å². The van der Waals surface area contributed by atoms with Crippen molar-refractivity contribution in [2.24, 2.45) is 0 Å². The number of aryl methyl sites for hydroxylation is 1. The van der Waals surface area contributed by atoms with Crippen LogP contribution in [0.1, 0.15) is 35.2 Å². The number of carbonyl (C=O) groups is 2. The van der Waals surface area contributed by atoms with Gasteiger partial charge in [0, 0.05) is 12.0 Å². The quantitative estimate of drug-likeness (QED) is 0.219. The lowest BCUT2D eigenvalue weighted by molar-refractivity contribution is -0.132. The van der Waals surface area contributed by atoms with E-state index in [4.69, 9.17) is 9.47 Å². The standard InChI is InChI=1S/C29H24N2O5S/c1-15-4-10-21-23(12-15)37-29(30-21)31-25(17-5-8-20(35-3)9-6-17)24(27(33)28(31)34)26(32)18-7-11-22-19(14-18)13-16(2)36-22/h4-12,14,16,25,32H,13H2,1-3H3/b26-24+. The molecule has 8 heteroatoms. The van der Waals surface area contributed by atoms with Crippen LogP contribution in [0.3, 0.4) is 0 Å². The molecular weight excluding hydrogens is 488 g/mol. The second-order valence-corrected chi connectivity index (χ2v) is 10.4. The molecule has 2 unspecified atom stereocenters. The maximum atomic E-state index is 13.5. The number of nitrogens with zero attached hydrogens (tertiary/aromatic N) is 2. The van der Waals surface area contributed by atoms with Crippen molar-refractivity contribution in [3.63, 3.8) is 0 Å². The van der Waals surface area contributed by atoms with Crippen LogP contribution in [0.4, 0.5) is 5.13 Å². The molecule has 0 aliphatic carbocycles. The number of carbonyl (C=O) groups excluding carboxylic acids is 2. The first-order chi connectivity index (χ1) is 17.8. The first-order valence-electron chi connectivity index (χ1n) is 12.0. The van der Waals surface area contributed by atoms with Gasteiger partial charge in [-0.05, 0) is 73.0 Å². The second kappa shape index (κ2) is 8.74. The van der Waals surface area contributed by atoms with Crippen LogP contribution in [-0.2, 0) is 16.0 Å². The van der Waals surface area contributed by atoms with Crippen LogP contribution in [0.15, 0.2) is 66.2 Å². The number of amides is 1. The van der Waals surface area contributed by atoms with Crippen LogP contribution in [0.5, 0.6) is 11.5 Å². The predicted molar refractivity (Wildman–Crippen MR) is 142 cm³/mol. The van der Waals surface area contributed by atoms with E-state index in [1.54, 1.807) is 43.5 Å². The molecule has 2 aliphatic rings. The molecule has 0 bridgehead atoms. The topological polar surface area (TPSA) is 89.0 Å². The summed E-state index contributed by atoms with van der Waals surface area (Å²) in [6.45, 7) is 3.97. The summed E-state index contributed by atoms with van der Waals surface area (Å²) in [4.78, 5) is 33.0. The Labute approximate surface area is 217 Å². The maximum absolute atomic E-state index is 13.5.